The summed E-state index contributed by atoms with van der Waals surface area (Å²) in [5, 5.41) is 19.5. The van der Waals surface area contributed by atoms with Crippen LogP contribution in [0.1, 0.15) is 0 Å². The van der Waals surface area contributed by atoms with E-state index < -0.39 is 5.91 Å². The van der Waals surface area contributed by atoms with E-state index in [-0.39, 0.29) is 0 Å². The molecule has 3 heteroatoms. The third kappa shape index (κ3) is 1.04. The fourth-order valence-electron chi connectivity index (χ4n) is 1.13. The fraction of sp³-hybridized carbons (Fsp3) is 0.125. The maximum Gasteiger partial charge on any atom is 0.287 e. The molecule has 0 atom stereocenters. The van der Waals surface area contributed by atoms with E-state index in [1.54, 1.807) is 18.2 Å². The Bertz CT molecular complexity index is 358. The molecule has 1 aromatic carbocycles. The smallest absolute Gasteiger partial charge is 0.287 e. The molecule has 2 N–H and O–H groups in total. The van der Waals surface area contributed by atoms with Crippen LogP contribution in [-0.2, 0) is 0 Å². The summed E-state index contributed by atoms with van der Waals surface area (Å²) < 4.78 is 0. The molecular weight excluding hydrogens is 142 g/mol. The number of nitrogens with zero attached hydrogens (tertiary/aromatic N) is 1. The normalized spacial score (nSPS) is 18.4. The molecule has 3 nitrogen and oxygen atoms in total. The third-order valence-corrected chi connectivity index (χ3v) is 1.57. The van der Waals surface area contributed by atoms with Crippen LogP contribution in [0.25, 0.3) is 6.08 Å². The van der Waals surface area contributed by atoms with Crippen LogP contribution in [0.5, 0.6) is 0 Å². The van der Waals surface area contributed by atoms with Gasteiger partial charge in [0.15, 0.2) is 0 Å². The highest BCUT2D eigenvalue weighted by Crippen LogP contribution is 2.03. The van der Waals surface area contributed by atoms with Crippen molar-refractivity contribution < 1.29 is 10.2 Å². The van der Waals surface area contributed by atoms with Crippen molar-refractivity contribution in [1.82, 2.24) is 0 Å². The number of para-hydroxylation sites is 1. The fourth-order valence-corrected chi connectivity index (χ4v) is 1.13. The van der Waals surface area contributed by atoms with Gasteiger partial charge in [0, 0.05) is 11.3 Å². The van der Waals surface area contributed by atoms with Gasteiger partial charge >= 0.3 is 0 Å². The number of rotatable bonds is 0. The molecule has 0 spiro atoms. The van der Waals surface area contributed by atoms with Crippen molar-refractivity contribution in [3.05, 3.63) is 34.8 Å². The zero-order valence-electron chi connectivity index (χ0n) is 5.73. The lowest BCUT2D eigenvalue weighted by atomic mass is 10.3. The van der Waals surface area contributed by atoms with Gasteiger partial charge in [0.2, 0.25) is 0 Å². The van der Waals surface area contributed by atoms with Crippen molar-refractivity contribution in [1.29, 1.82) is 0 Å². The third-order valence-electron chi connectivity index (χ3n) is 1.57. The Morgan fingerprint density at radius 1 is 1.18 bits per heavy atom. The monoisotopic (exact) mass is 149 g/mol. The van der Waals surface area contributed by atoms with Crippen LogP contribution in [0.15, 0.2) is 29.3 Å². The van der Waals surface area contributed by atoms with E-state index >= 15 is 0 Å². The summed E-state index contributed by atoms with van der Waals surface area (Å²) >= 11 is 0. The predicted molar refractivity (Wildman–Crippen MR) is 38.9 cm³/mol. The van der Waals surface area contributed by atoms with E-state index in [2.05, 4.69) is 4.99 Å². The molecule has 1 heterocycles. The zero-order valence-corrected chi connectivity index (χ0v) is 5.73. The zero-order chi connectivity index (χ0) is 7.90. The van der Waals surface area contributed by atoms with E-state index in [1.807, 2.05) is 6.07 Å². The number of hydrogen-bond donors (Lipinski definition) is 2. The Balaban J connectivity index is 2.81. The first-order valence-electron chi connectivity index (χ1n) is 3.30. The van der Waals surface area contributed by atoms with Crippen molar-refractivity contribution in [3.63, 3.8) is 0 Å². The summed E-state index contributed by atoms with van der Waals surface area (Å²) in [5.74, 6) is -2.00. The van der Waals surface area contributed by atoms with Crippen LogP contribution >= 0.6 is 0 Å². The first-order chi connectivity index (χ1) is 5.17. The Hall–Kier alpha value is -1.19. The quantitative estimate of drug-likeness (QED) is 0.452. The number of fused-ring (bicyclic) bond motifs is 1. The van der Waals surface area contributed by atoms with Gasteiger partial charge < -0.3 is 10.2 Å². The summed E-state index contributed by atoms with van der Waals surface area (Å²) in [5.41, 5.74) is 0. The van der Waals surface area contributed by atoms with Gasteiger partial charge in [-0.1, -0.05) is 18.2 Å². The highest BCUT2D eigenvalue weighted by atomic mass is 16.5. The molecule has 0 radical (unpaired) electrons. The predicted octanol–water partition coefficient (Wildman–Crippen LogP) is -1.26. The minimum atomic E-state index is -2.00. The van der Waals surface area contributed by atoms with E-state index in [1.165, 1.54) is 6.08 Å². The second-order valence-corrected chi connectivity index (χ2v) is 2.50. The molecule has 0 saturated carbocycles. The number of hydrogen-bond acceptors (Lipinski definition) is 3. The van der Waals surface area contributed by atoms with Crippen LogP contribution in [0, 0.1) is 0 Å². The van der Waals surface area contributed by atoms with Crippen molar-refractivity contribution >= 4 is 6.08 Å². The lowest BCUT2D eigenvalue weighted by Gasteiger charge is -2.04. The van der Waals surface area contributed by atoms with Gasteiger partial charge in [-0.2, -0.15) is 0 Å². The molecule has 2 rings (SSSR count). The highest BCUT2D eigenvalue weighted by molar-refractivity contribution is 5.34. The maximum absolute atomic E-state index is 9.05. The molecule has 1 aliphatic heterocycles. The Labute approximate surface area is 62.9 Å². The average molecular weight is 149 g/mol. The van der Waals surface area contributed by atoms with Crippen molar-refractivity contribution in [2.24, 2.45) is 4.99 Å². The summed E-state index contributed by atoms with van der Waals surface area (Å²) in [6.45, 7) is 0. The van der Waals surface area contributed by atoms with Crippen LogP contribution < -0.4 is 10.6 Å². The van der Waals surface area contributed by atoms with Gasteiger partial charge in [-0.25, -0.2) is 4.99 Å². The first kappa shape index (κ1) is 6.52. The van der Waals surface area contributed by atoms with Gasteiger partial charge in [0.05, 0.1) is 5.36 Å². The summed E-state index contributed by atoms with van der Waals surface area (Å²) in [6, 6.07) is 7.15. The van der Waals surface area contributed by atoms with E-state index in [4.69, 9.17) is 10.2 Å². The molecule has 0 saturated heterocycles. The minimum absolute atomic E-state index is 0.623. The molecule has 0 unspecified atom stereocenters. The standard InChI is InChI=1S/C8H7NO2/c10-8(11)5-6-3-1-2-4-7(6)9-8/h1-5,10-11H. The Morgan fingerprint density at radius 3 is 2.64 bits per heavy atom. The maximum atomic E-state index is 9.05. The van der Waals surface area contributed by atoms with Crippen molar-refractivity contribution in [3.8, 4) is 0 Å². The number of aliphatic hydroxyl groups is 2. The lowest BCUT2D eigenvalue weighted by Crippen LogP contribution is -2.19. The molecule has 11 heavy (non-hydrogen) atoms. The van der Waals surface area contributed by atoms with Crippen LogP contribution in [-0.4, -0.2) is 16.1 Å². The lowest BCUT2D eigenvalue weighted by molar-refractivity contribution is -0.0948. The van der Waals surface area contributed by atoms with Gasteiger partial charge in [-0.3, -0.25) is 0 Å². The Kier molecular flexibility index (Phi) is 1.13. The largest absolute Gasteiger partial charge is 0.344 e. The van der Waals surface area contributed by atoms with Crippen molar-refractivity contribution in [2.75, 3.05) is 0 Å². The van der Waals surface area contributed by atoms with E-state index in [0.717, 1.165) is 5.22 Å². The van der Waals surface area contributed by atoms with E-state index in [9.17, 15) is 0 Å². The first-order valence-corrected chi connectivity index (χ1v) is 3.30. The molecular formula is C8H7NO2. The van der Waals surface area contributed by atoms with Gasteiger partial charge in [-0.05, 0) is 6.07 Å². The second kappa shape index (κ2) is 1.90. The second-order valence-electron chi connectivity index (χ2n) is 2.50. The molecule has 1 aliphatic rings. The van der Waals surface area contributed by atoms with Gasteiger partial charge in [-0.15, -0.1) is 0 Å². The molecule has 0 aliphatic carbocycles. The average Bonchev–Trinajstić information content (AvgIpc) is 2.21. The van der Waals surface area contributed by atoms with Crippen molar-refractivity contribution in [2.45, 2.75) is 5.91 Å². The van der Waals surface area contributed by atoms with Crippen LogP contribution in [0.3, 0.4) is 0 Å². The summed E-state index contributed by atoms with van der Waals surface area (Å²) in [6.07, 6.45) is 1.31. The topological polar surface area (TPSA) is 52.8 Å². The molecule has 0 amide bonds. The van der Waals surface area contributed by atoms with Gasteiger partial charge in [0.25, 0.3) is 5.91 Å². The highest BCUT2D eigenvalue weighted by Gasteiger charge is 2.20. The SMILES string of the molecule is OC1(O)C=c2ccccc2=N1. The molecule has 0 aromatic heterocycles. The van der Waals surface area contributed by atoms with Gasteiger partial charge in [0.1, 0.15) is 0 Å². The summed E-state index contributed by atoms with van der Waals surface area (Å²) in [7, 11) is 0. The number of benzene rings is 1. The summed E-state index contributed by atoms with van der Waals surface area (Å²) in [4.78, 5) is 3.64. The molecule has 56 valence electrons. The molecule has 0 bridgehead atoms. The molecule has 0 fully saturated rings. The molecule has 1 aromatic rings. The van der Waals surface area contributed by atoms with Crippen LogP contribution in [0.2, 0.25) is 0 Å². The Morgan fingerprint density at radius 2 is 1.91 bits per heavy atom. The van der Waals surface area contributed by atoms with Crippen LogP contribution in [0.4, 0.5) is 0 Å². The van der Waals surface area contributed by atoms with E-state index in [0.29, 0.717) is 5.36 Å². The minimum Gasteiger partial charge on any atom is -0.344 e.